The van der Waals surface area contributed by atoms with Gasteiger partial charge in [0.2, 0.25) is 0 Å². The molecule has 0 N–H and O–H groups in total. The van der Waals surface area contributed by atoms with E-state index in [1.165, 1.54) is 0 Å². The Kier molecular flexibility index (Phi) is 9.22. The molecule has 4 rings (SSSR count). The summed E-state index contributed by atoms with van der Waals surface area (Å²) in [5, 5.41) is -0.370. The van der Waals surface area contributed by atoms with Gasteiger partial charge in [0.15, 0.2) is 6.10 Å². The topological polar surface area (TPSA) is 68.3 Å². The SMILES string of the molecule is COc1ccc([C@H]2Sc3ccccc3N(CCN(C)C)C(=O)[C@H]2OCC(=O)OCc2ccccc2)cc1. The molecule has 0 unspecified atom stereocenters. The predicted molar refractivity (Wildman–Crippen MR) is 145 cm³/mol. The first-order chi connectivity index (χ1) is 18.0. The predicted octanol–water partition coefficient (Wildman–Crippen LogP) is 4.57. The van der Waals surface area contributed by atoms with E-state index < -0.39 is 12.1 Å². The normalized spacial score (nSPS) is 17.3. The lowest BCUT2D eigenvalue weighted by Gasteiger charge is -2.28. The summed E-state index contributed by atoms with van der Waals surface area (Å²) in [6.45, 7) is 1.01. The van der Waals surface area contributed by atoms with E-state index in [1.807, 2.05) is 97.9 Å². The molecule has 37 heavy (non-hydrogen) atoms. The number of amides is 1. The number of thioether (sulfide) groups is 1. The zero-order valence-corrected chi connectivity index (χ0v) is 22.1. The number of esters is 1. The molecule has 2 atom stereocenters. The van der Waals surface area contributed by atoms with Gasteiger partial charge in [0.05, 0.1) is 18.0 Å². The van der Waals surface area contributed by atoms with Crippen molar-refractivity contribution < 1.29 is 23.8 Å². The Labute approximate surface area is 222 Å². The number of hydrogen-bond acceptors (Lipinski definition) is 7. The van der Waals surface area contributed by atoms with Gasteiger partial charge in [-0.1, -0.05) is 54.6 Å². The van der Waals surface area contributed by atoms with Crippen molar-refractivity contribution in [3.05, 3.63) is 90.0 Å². The molecular formula is C29H32N2O5S. The monoisotopic (exact) mass is 520 g/mol. The third kappa shape index (κ3) is 6.91. The van der Waals surface area contributed by atoms with Gasteiger partial charge in [0.1, 0.15) is 19.0 Å². The fourth-order valence-corrected chi connectivity index (χ4v) is 5.38. The molecule has 0 spiro atoms. The number of carbonyl (C=O) groups excluding carboxylic acids is 2. The van der Waals surface area contributed by atoms with E-state index in [1.54, 1.807) is 23.8 Å². The van der Waals surface area contributed by atoms with Crippen molar-refractivity contribution in [1.29, 1.82) is 0 Å². The minimum Gasteiger partial charge on any atom is -0.497 e. The second-order valence-corrected chi connectivity index (χ2v) is 10.1. The molecule has 0 fully saturated rings. The molecule has 1 aliphatic rings. The average molecular weight is 521 g/mol. The van der Waals surface area contributed by atoms with E-state index in [9.17, 15) is 9.59 Å². The van der Waals surface area contributed by atoms with Crippen molar-refractivity contribution in [2.75, 3.05) is 45.8 Å². The van der Waals surface area contributed by atoms with Gasteiger partial charge in [-0.2, -0.15) is 0 Å². The summed E-state index contributed by atoms with van der Waals surface area (Å²) in [5.41, 5.74) is 2.64. The number of rotatable bonds is 10. The molecule has 0 saturated heterocycles. The Morgan fingerprint density at radius 1 is 0.973 bits per heavy atom. The maximum absolute atomic E-state index is 14.0. The minimum absolute atomic E-state index is 0.151. The fraction of sp³-hybridized carbons (Fsp3) is 0.310. The first kappa shape index (κ1) is 26.7. The number of benzene rings is 3. The molecule has 1 aliphatic heterocycles. The van der Waals surface area contributed by atoms with E-state index in [-0.39, 0.29) is 24.4 Å². The van der Waals surface area contributed by atoms with Gasteiger partial charge in [-0.15, -0.1) is 11.8 Å². The third-order valence-corrected chi connectivity index (χ3v) is 7.41. The van der Waals surface area contributed by atoms with E-state index in [4.69, 9.17) is 14.2 Å². The number of nitrogens with zero attached hydrogens (tertiary/aromatic N) is 2. The largest absolute Gasteiger partial charge is 0.497 e. The van der Waals surface area contributed by atoms with Crippen LogP contribution in [0.4, 0.5) is 5.69 Å². The van der Waals surface area contributed by atoms with E-state index in [0.717, 1.165) is 27.5 Å². The second kappa shape index (κ2) is 12.8. The van der Waals surface area contributed by atoms with Gasteiger partial charge in [-0.25, -0.2) is 4.79 Å². The van der Waals surface area contributed by atoms with Gasteiger partial charge in [-0.3, -0.25) is 4.79 Å². The Morgan fingerprint density at radius 3 is 2.38 bits per heavy atom. The van der Waals surface area contributed by atoms with Gasteiger partial charge in [0.25, 0.3) is 5.91 Å². The van der Waals surface area contributed by atoms with Crippen LogP contribution in [0.5, 0.6) is 5.75 Å². The number of ether oxygens (including phenoxy) is 3. The van der Waals surface area contributed by atoms with Gasteiger partial charge in [0, 0.05) is 18.0 Å². The summed E-state index contributed by atoms with van der Waals surface area (Å²) in [7, 11) is 5.56. The minimum atomic E-state index is -0.891. The van der Waals surface area contributed by atoms with E-state index in [0.29, 0.717) is 13.1 Å². The van der Waals surface area contributed by atoms with Crippen LogP contribution in [0.15, 0.2) is 83.8 Å². The number of methoxy groups -OCH3 is 1. The highest BCUT2D eigenvalue weighted by Gasteiger charge is 2.39. The van der Waals surface area contributed by atoms with Gasteiger partial charge >= 0.3 is 5.97 Å². The summed E-state index contributed by atoms with van der Waals surface area (Å²) < 4.78 is 16.8. The third-order valence-electron chi connectivity index (χ3n) is 6.03. The van der Waals surface area contributed by atoms with Crippen molar-refractivity contribution in [3.8, 4) is 5.75 Å². The quantitative estimate of drug-likeness (QED) is 0.363. The summed E-state index contributed by atoms with van der Waals surface area (Å²) in [4.78, 5) is 31.4. The summed E-state index contributed by atoms with van der Waals surface area (Å²) in [5.74, 6) is 0.0244. The lowest BCUT2D eigenvalue weighted by atomic mass is 10.1. The molecule has 7 nitrogen and oxygen atoms in total. The van der Waals surface area contributed by atoms with Crippen molar-refractivity contribution >= 4 is 29.3 Å². The molecule has 8 heteroatoms. The van der Waals surface area contributed by atoms with Crippen LogP contribution < -0.4 is 9.64 Å². The average Bonchev–Trinajstić information content (AvgIpc) is 3.04. The van der Waals surface area contributed by atoms with E-state index in [2.05, 4.69) is 0 Å². The summed E-state index contributed by atoms with van der Waals surface area (Å²) in [6, 6.07) is 24.9. The van der Waals surface area contributed by atoms with Crippen molar-refractivity contribution in [2.24, 2.45) is 0 Å². The highest BCUT2D eigenvalue weighted by Crippen LogP contribution is 2.46. The number of para-hydroxylation sites is 1. The van der Waals surface area contributed by atoms with Crippen LogP contribution in [0.1, 0.15) is 16.4 Å². The van der Waals surface area contributed by atoms with Crippen molar-refractivity contribution in [1.82, 2.24) is 4.90 Å². The number of carbonyl (C=O) groups is 2. The number of likely N-dealkylation sites (N-methyl/N-ethyl adjacent to an activating group) is 1. The van der Waals surface area contributed by atoms with Gasteiger partial charge in [-0.05, 0) is 49.5 Å². The van der Waals surface area contributed by atoms with Crippen LogP contribution in [-0.4, -0.2) is 63.8 Å². The molecule has 0 saturated carbocycles. The smallest absolute Gasteiger partial charge is 0.332 e. The van der Waals surface area contributed by atoms with Crippen molar-refractivity contribution in [2.45, 2.75) is 22.9 Å². The molecule has 0 bridgehead atoms. The van der Waals surface area contributed by atoms with Crippen molar-refractivity contribution in [3.63, 3.8) is 0 Å². The summed E-state index contributed by atoms with van der Waals surface area (Å²) >= 11 is 1.56. The first-order valence-electron chi connectivity index (χ1n) is 12.1. The number of hydrogen-bond donors (Lipinski definition) is 0. The Hall–Kier alpha value is -3.33. The molecule has 0 aliphatic carbocycles. The molecule has 194 valence electrons. The van der Waals surface area contributed by atoms with Gasteiger partial charge < -0.3 is 24.0 Å². The second-order valence-electron chi connectivity index (χ2n) is 8.95. The molecule has 1 heterocycles. The zero-order valence-electron chi connectivity index (χ0n) is 21.3. The molecule has 1 amide bonds. The maximum atomic E-state index is 14.0. The highest BCUT2D eigenvalue weighted by molar-refractivity contribution is 7.99. The Bertz CT molecular complexity index is 1190. The van der Waals surface area contributed by atoms with Crippen LogP contribution in [0, 0.1) is 0 Å². The fourth-order valence-electron chi connectivity index (χ4n) is 4.04. The first-order valence-corrected chi connectivity index (χ1v) is 13.0. The number of fused-ring (bicyclic) bond motifs is 1. The van der Waals surface area contributed by atoms with E-state index >= 15 is 0 Å². The summed E-state index contributed by atoms with van der Waals surface area (Å²) in [6.07, 6.45) is -0.891. The molecule has 0 radical (unpaired) electrons. The lowest BCUT2D eigenvalue weighted by molar-refractivity contribution is -0.154. The standard InChI is InChI=1S/C29H32N2O5S/c1-30(2)17-18-31-24-11-7-8-12-25(24)37-28(22-13-15-23(34-3)16-14-22)27(29(31)33)36-20-26(32)35-19-21-9-5-4-6-10-21/h4-16,27-28H,17-20H2,1-3H3/t27-,28+/m0/s1. The highest BCUT2D eigenvalue weighted by atomic mass is 32.2. The Morgan fingerprint density at radius 2 is 1.68 bits per heavy atom. The number of anilines is 1. The van der Waals surface area contributed by atoms with Crippen LogP contribution in [0.25, 0.3) is 0 Å². The molecule has 0 aromatic heterocycles. The van der Waals surface area contributed by atoms with Crippen LogP contribution in [0.3, 0.4) is 0 Å². The lowest BCUT2D eigenvalue weighted by Crippen LogP contribution is -2.45. The molecular weight excluding hydrogens is 488 g/mol. The van der Waals surface area contributed by atoms with Crippen LogP contribution in [0.2, 0.25) is 0 Å². The van der Waals surface area contributed by atoms with Crippen LogP contribution in [-0.2, 0) is 25.7 Å². The molecule has 3 aromatic rings. The Balaban J connectivity index is 1.60. The maximum Gasteiger partial charge on any atom is 0.332 e. The molecule has 3 aromatic carbocycles. The van der Waals surface area contributed by atoms with Crippen LogP contribution >= 0.6 is 11.8 Å². The zero-order chi connectivity index (χ0) is 26.2.